The minimum Gasteiger partial charge on any atom is -0.317 e. The van der Waals surface area contributed by atoms with E-state index in [4.69, 9.17) is 0 Å². The van der Waals surface area contributed by atoms with Gasteiger partial charge in [0.25, 0.3) is 0 Å². The smallest absolute Gasteiger partial charge is 0.141 e. The van der Waals surface area contributed by atoms with Crippen molar-refractivity contribution in [1.82, 2.24) is 5.32 Å². The topological polar surface area (TPSA) is 12.0 Å². The zero-order valence-corrected chi connectivity index (χ0v) is 9.83. The van der Waals surface area contributed by atoms with Crippen molar-refractivity contribution in [2.75, 3.05) is 13.1 Å². The summed E-state index contributed by atoms with van der Waals surface area (Å²) >= 11 is 1.27. The molecule has 86 valence electrons. The molecule has 16 heavy (non-hydrogen) atoms. The van der Waals surface area contributed by atoms with Crippen LogP contribution in [0, 0.1) is 11.6 Å². The van der Waals surface area contributed by atoms with Gasteiger partial charge in [-0.3, -0.25) is 0 Å². The zero-order valence-electron chi connectivity index (χ0n) is 9.02. The van der Waals surface area contributed by atoms with Crippen molar-refractivity contribution in [3.63, 3.8) is 0 Å². The summed E-state index contributed by atoms with van der Waals surface area (Å²) in [5, 5.41) is 5.46. The lowest BCUT2D eigenvalue weighted by atomic mass is 10.1. The maximum atomic E-state index is 13.6. The van der Waals surface area contributed by atoms with E-state index >= 15 is 0 Å². The number of nitrogens with one attached hydrogen (secondary N) is 1. The van der Waals surface area contributed by atoms with Crippen LogP contribution in [0.2, 0.25) is 0 Å². The molecule has 0 aliphatic heterocycles. The average Bonchev–Trinajstić information content (AvgIpc) is 2.69. The predicted molar refractivity (Wildman–Crippen MR) is 64.0 cm³/mol. The Kier molecular flexibility index (Phi) is 3.51. The van der Waals surface area contributed by atoms with Gasteiger partial charge in [-0.15, -0.1) is 11.3 Å². The largest absolute Gasteiger partial charge is 0.317 e. The molecule has 1 aromatic carbocycles. The minimum atomic E-state index is -0.337. The molecule has 0 saturated carbocycles. The molecule has 4 heteroatoms. The average molecular weight is 241 g/mol. The normalized spacial score (nSPS) is 11.2. The second-order valence-electron chi connectivity index (χ2n) is 3.60. The molecule has 1 aromatic heterocycles. The highest BCUT2D eigenvalue weighted by atomic mass is 32.1. The van der Waals surface area contributed by atoms with Gasteiger partial charge in [-0.05, 0) is 42.6 Å². The molecule has 0 bridgehead atoms. The molecule has 0 aliphatic rings. The van der Waals surface area contributed by atoms with Crippen molar-refractivity contribution < 1.29 is 8.78 Å². The second-order valence-corrected chi connectivity index (χ2v) is 4.48. The van der Waals surface area contributed by atoms with Crippen LogP contribution < -0.4 is 5.32 Å². The first-order chi connectivity index (χ1) is 7.74. The van der Waals surface area contributed by atoms with Crippen molar-refractivity contribution in [2.24, 2.45) is 0 Å². The van der Waals surface area contributed by atoms with Gasteiger partial charge in [-0.25, -0.2) is 8.78 Å². The van der Waals surface area contributed by atoms with Crippen LogP contribution in [0.25, 0.3) is 10.1 Å². The van der Waals surface area contributed by atoms with Crippen molar-refractivity contribution >= 4 is 21.4 Å². The number of fused-ring (bicyclic) bond motifs is 1. The third kappa shape index (κ3) is 2.08. The number of likely N-dealkylation sites (N-methyl/N-ethyl adjacent to an activating group) is 1. The number of halogens is 2. The molecule has 0 fully saturated rings. The fourth-order valence-corrected chi connectivity index (χ4v) is 2.74. The van der Waals surface area contributed by atoms with Crippen molar-refractivity contribution in [1.29, 1.82) is 0 Å². The van der Waals surface area contributed by atoms with Gasteiger partial charge in [0.05, 0.1) is 4.70 Å². The molecule has 0 radical (unpaired) electrons. The Morgan fingerprint density at radius 1 is 1.25 bits per heavy atom. The van der Waals surface area contributed by atoms with Crippen molar-refractivity contribution in [2.45, 2.75) is 13.3 Å². The van der Waals surface area contributed by atoms with E-state index < -0.39 is 0 Å². The third-order valence-corrected chi connectivity index (χ3v) is 3.56. The highest BCUT2D eigenvalue weighted by Gasteiger charge is 2.12. The van der Waals surface area contributed by atoms with E-state index in [1.54, 1.807) is 0 Å². The van der Waals surface area contributed by atoms with Gasteiger partial charge in [0.2, 0.25) is 0 Å². The van der Waals surface area contributed by atoms with Gasteiger partial charge in [0.1, 0.15) is 11.6 Å². The summed E-state index contributed by atoms with van der Waals surface area (Å²) in [6.45, 7) is 3.70. The van der Waals surface area contributed by atoms with E-state index in [0.717, 1.165) is 25.1 Å². The first kappa shape index (κ1) is 11.5. The van der Waals surface area contributed by atoms with Crippen LogP contribution in [0.15, 0.2) is 17.5 Å². The van der Waals surface area contributed by atoms with Gasteiger partial charge in [-0.2, -0.15) is 0 Å². The summed E-state index contributed by atoms with van der Waals surface area (Å²) < 4.78 is 27.4. The first-order valence-electron chi connectivity index (χ1n) is 5.28. The molecule has 0 aliphatic carbocycles. The number of hydrogen-bond acceptors (Lipinski definition) is 2. The Bertz CT molecular complexity index is 493. The predicted octanol–water partition coefficient (Wildman–Crippen LogP) is 3.33. The molecular weight excluding hydrogens is 228 g/mol. The van der Waals surface area contributed by atoms with Crippen molar-refractivity contribution in [3.05, 3.63) is 34.7 Å². The number of benzene rings is 1. The van der Waals surface area contributed by atoms with Crippen LogP contribution in [-0.4, -0.2) is 13.1 Å². The Morgan fingerprint density at radius 2 is 2.00 bits per heavy atom. The van der Waals surface area contributed by atoms with Gasteiger partial charge < -0.3 is 5.32 Å². The van der Waals surface area contributed by atoms with Crippen LogP contribution in [0.1, 0.15) is 12.5 Å². The quantitative estimate of drug-likeness (QED) is 0.810. The van der Waals surface area contributed by atoms with Crippen LogP contribution >= 0.6 is 11.3 Å². The number of hydrogen-bond donors (Lipinski definition) is 1. The molecule has 2 aromatic rings. The highest BCUT2D eigenvalue weighted by molar-refractivity contribution is 7.17. The van der Waals surface area contributed by atoms with Crippen LogP contribution in [0.4, 0.5) is 8.78 Å². The second kappa shape index (κ2) is 4.89. The Hall–Kier alpha value is -1.00. The zero-order chi connectivity index (χ0) is 11.5. The lowest BCUT2D eigenvalue weighted by Gasteiger charge is -2.01. The Morgan fingerprint density at radius 3 is 2.75 bits per heavy atom. The lowest BCUT2D eigenvalue weighted by molar-refractivity contribution is 0.618. The maximum Gasteiger partial charge on any atom is 0.141 e. The molecule has 0 amide bonds. The molecule has 1 heterocycles. The summed E-state index contributed by atoms with van der Waals surface area (Å²) in [5.41, 5.74) is 0.887. The van der Waals surface area contributed by atoms with E-state index in [0.29, 0.717) is 10.1 Å². The maximum absolute atomic E-state index is 13.6. The molecule has 0 atom stereocenters. The molecule has 0 spiro atoms. The lowest BCUT2D eigenvalue weighted by Crippen LogP contribution is -2.15. The fourth-order valence-electron chi connectivity index (χ4n) is 1.72. The van der Waals surface area contributed by atoms with Gasteiger partial charge in [0, 0.05) is 5.39 Å². The van der Waals surface area contributed by atoms with Crippen LogP contribution in [0.5, 0.6) is 0 Å². The minimum absolute atomic E-state index is 0.329. The first-order valence-corrected chi connectivity index (χ1v) is 6.16. The number of thiophene rings is 1. The Labute approximate surface area is 97.1 Å². The summed E-state index contributed by atoms with van der Waals surface area (Å²) in [6, 6.07) is 2.38. The van der Waals surface area contributed by atoms with Crippen molar-refractivity contribution in [3.8, 4) is 0 Å². The van der Waals surface area contributed by atoms with E-state index in [1.807, 2.05) is 12.3 Å². The molecule has 1 nitrogen and oxygen atoms in total. The van der Waals surface area contributed by atoms with E-state index in [1.165, 1.54) is 23.5 Å². The SMILES string of the molecule is CCNCCc1csc2c(F)ccc(F)c12. The standard InChI is InChI=1S/C12H13F2NS/c1-2-15-6-5-8-7-16-12-10(14)4-3-9(13)11(8)12/h3-4,7,15H,2,5-6H2,1H3. The van der Waals surface area contributed by atoms with Gasteiger partial charge in [-0.1, -0.05) is 6.92 Å². The fraction of sp³-hybridized carbons (Fsp3) is 0.333. The van der Waals surface area contributed by atoms with Gasteiger partial charge in [0.15, 0.2) is 0 Å². The van der Waals surface area contributed by atoms with E-state index in [-0.39, 0.29) is 11.6 Å². The highest BCUT2D eigenvalue weighted by Crippen LogP contribution is 2.30. The summed E-state index contributed by atoms with van der Waals surface area (Å²) in [5.74, 6) is -0.666. The number of rotatable bonds is 4. The molecular formula is C12H13F2NS. The monoisotopic (exact) mass is 241 g/mol. The summed E-state index contributed by atoms with van der Waals surface area (Å²) in [4.78, 5) is 0. The van der Waals surface area contributed by atoms with E-state index in [9.17, 15) is 8.78 Å². The summed E-state index contributed by atoms with van der Waals surface area (Å²) in [7, 11) is 0. The summed E-state index contributed by atoms with van der Waals surface area (Å²) in [6.07, 6.45) is 0.730. The Balaban J connectivity index is 2.36. The van der Waals surface area contributed by atoms with Crippen LogP contribution in [0.3, 0.4) is 0 Å². The molecule has 0 unspecified atom stereocenters. The molecule has 2 rings (SSSR count). The molecule has 0 saturated heterocycles. The van der Waals surface area contributed by atoms with E-state index in [2.05, 4.69) is 5.32 Å². The van der Waals surface area contributed by atoms with Crippen LogP contribution in [-0.2, 0) is 6.42 Å². The third-order valence-electron chi connectivity index (χ3n) is 2.52. The van der Waals surface area contributed by atoms with Gasteiger partial charge >= 0.3 is 0 Å². The molecule has 1 N–H and O–H groups in total.